The third-order valence-corrected chi connectivity index (χ3v) is 5.45. The van der Waals surface area contributed by atoms with Crippen LogP contribution >= 0.6 is 11.3 Å². The van der Waals surface area contributed by atoms with Gasteiger partial charge in [-0.2, -0.15) is 0 Å². The van der Waals surface area contributed by atoms with Crippen LogP contribution in [0, 0.1) is 0 Å². The number of benzene rings is 3. The van der Waals surface area contributed by atoms with Crippen molar-refractivity contribution in [2.75, 3.05) is 0 Å². The van der Waals surface area contributed by atoms with Crippen molar-refractivity contribution in [3.05, 3.63) is 88.9 Å². The Morgan fingerprint density at radius 1 is 0.966 bits per heavy atom. The van der Waals surface area contributed by atoms with Gasteiger partial charge in [0.15, 0.2) is 0 Å². The first-order valence-corrected chi connectivity index (χ1v) is 9.94. The number of nitrogens with zero attached hydrogens (tertiary/aromatic N) is 1. The molecule has 0 aliphatic carbocycles. The van der Waals surface area contributed by atoms with Crippen molar-refractivity contribution in [3.8, 4) is 10.6 Å². The summed E-state index contributed by atoms with van der Waals surface area (Å²) in [4.78, 5) is 27.9. The summed E-state index contributed by atoms with van der Waals surface area (Å²) in [7, 11) is 0. The highest BCUT2D eigenvalue weighted by molar-refractivity contribution is 7.13. The Labute approximate surface area is 171 Å². The summed E-state index contributed by atoms with van der Waals surface area (Å²) in [6, 6.07) is 20.9. The third-order valence-electron chi connectivity index (χ3n) is 4.51. The molecular weight excluding hydrogens is 384 g/mol. The average Bonchev–Trinajstić information content (AvgIpc) is 3.21. The molecule has 0 saturated heterocycles. The second kappa shape index (κ2) is 8.24. The first-order valence-electron chi connectivity index (χ1n) is 9.06. The highest BCUT2D eigenvalue weighted by Crippen LogP contribution is 2.24. The van der Waals surface area contributed by atoms with Crippen LogP contribution in [0.4, 0.5) is 0 Å². The van der Waals surface area contributed by atoms with E-state index in [0.717, 1.165) is 26.9 Å². The summed E-state index contributed by atoms with van der Waals surface area (Å²) >= 11 is 1.46. The van der Waals surface area contributed by atoms with Gasteiger partial charge in [-0.15, -0.1) is 11.3 Å². The van der Waals surface area contributed by atoms with Gasteiger partial charge in [0.1, 0.15) is 11.6 Å². The zero-order valence-electron chi connectivity index (χ0n) is 15.5. The van der Waals surface area contributed by atoms with E-state index in [1.54, 1.807) is 24.3 Å². The Balaban J connectivity index is 1.36. The molecule has 0 atom stereocenters. The minimum Gasteiger partial charge on any atom is -0.459 e. The summed E-state index contributed by atoms with van der Waals surface area (Å²) < 4.78 is 5.39. The van der Waals surface area contributed by atoms with Gasteiger partial charge in [-0.25, -0.2) is 4.98 Å². The van der Waals surface area contributed by atoms with Gasteiger partial charge >= 0.3 is 5.97 Å². The molecule has 6 heteroatoms. The van der Waals surface area contributed by atoms with E-state index in [0.29, 0.717) is 11.3 Å². The first kappa shape index (κ1) is 18.8. The van der Waals surface area contributed by atoms with E-state index in [-0.39, 0.29) is 19.0 Å². The quantitative estimate of drug-likeness (QED) is 0.486. The lowest BCUT2D eigenvalue weighted by molar-refractivity contribution is -0.144. The predicted molar refractivity (Wildman–Crippen MR) is 114 cm³/mol. The van der Waals surface area contributed by atoms with Gasteiger partial charge in [0.05, 0.1) is 12.1 Å². The minimum absolute atomic E-state index is 0.127. The molecule has 0 spiro atoms. The fraction of sp³-hybridized carbons (Fsp3) is 0.0870. The van der Waals surface area contributed by atoms with Crippen LogP contribution in [0.2, 0.25) is 0 Å². The molecular formula is C23H18N2O3S. The van der Waals surface area contributed by atoms with E-state index >= 15 is 0 Å². The Morgan fingerprint density at radius 2 is 1.72 bits per heavy atom. The number of esters is 1. The highest BCUT2D eigenvalue weighted by Gasteiger charge is 2.10. The lowest BCUT2D eigenvalue weighted by atomic mass is 10.1. The van der Waals surface area contributed by atoms with Crippen LogP contribution in [0.1, 0.15) is 21.6 Å². The second-order valence-electron chi connectivity index (χ2n) is 6.60. The van der Waals surface area contributed by atoms with Gasteiger partial charge in [-0.1, -0.05) is 54.6 Å². The van der Waals surface area contributed by atoms with Crippen LogP contribution in [-0.2, 0) is 22.6 Å². The molecule has 4 aromatic rings. The standard InChI is InChI=1S/C23H18N2O3S/c24-22(27)17-7-9-18(10-8-17)23-25-20(14-29-23)13-28-21(26)12-15-5-6-16-3-1-2-4-19(16)11-15/h1-11,14H,12-13H2,(H2,24,27). The SMILES string of the molecule is NC(=O)c1ccc(-c2nc(COC(=O)Cc3ccc4ccccc4c3)cs2)cc1. The van der Waals surface area contributed by atoms with E-state index < -0.39 is 5.91 Å². The number of ether oxygens (including phenoxy) is 1. The van der Waals surface area contributed by atoms with E-state index in [1.807, 2.05) is 47.8 Å². The van der Waals surface area contributed by atoms with E-state index in [4.69, 9.17) is 10.5 Å². The maximum atomic E-state index is 12.2. The van der Waals surface area contributed by atoms with Gasteiger partial charge in [0.25, 0.3) is 0 Å². The number of thiazole rings is 1. The zero-order chi connectivity index (χ0) is 20.2. The van der Waals surface area contributed by atoms with Crippen LogP contribution in [-0.4, -0.2) is 16.9 Å². The van der Waals surface area contributed by atoms with Crippen LogP contribution in [0.3, 0.4) is 0 Å². The number of carbonyl (C=O) groups excluding carboxylic acids is 2. The fourth-order valence-corrected chi connectivity index (χ4v) is 3.81. The van der Waals surface area contributed by atoms with E-state index in [2.05, 4.69) is 4.98 Å². The molecule has 0 saturated carbocycles. The van der Waals surface area contributed by atoms with E-state index in [1.165, 1.54) is 11.3 Å². The van der Waals surface area contributed by atoms with Crippen LogP contribution in [0.25, 0.3) is 21.3 Å². The van der Waals surface area contributed by atoms with Crippen molar-refractivity contribution in [1.29, 1.82) is 0 Å². The Hall–Kier alpha value is -3.51. The summed E-state index contributed by atoms with van der Waals surface area (Å²) in [5.74, 6) is -0.754. The van der Waals surface area contributed by atoms with Gasteiger partial charge in [0.2, 0.25) is 5.91 Å². The summed E-state index contributed by atoms with van der Waals surface area (Å²) in [5, 5.41) is 4.90. The van der Waals surface area contributed by atoms with Gasteiger partial charge in [-0.3, -0.25) is 9.59 Å². The lowest BCUT2D eigenvalue weighted by Crippen LogP contribution is -2.10. The summed E-state index contributed by atoms with van der Waals surface area (Å²) in [6.07, 6.45) is 0.219. The smallest absolute Gasteiger partial charge is 0.310 e. The Kier molecular flexibility index (Phi) is 5.35. The molecule has 0 bridgehead atoms. The molecule has 29 heavy (non-hydrogen) atoms. The maximum Gasteiger partial charge on any atom is 0.310 e. The maximum absolute atomic E-state index is 12.2. The zero-order valence-corrected chi connectivity index (χ0v) is 16.3. The molecule has 0 aliphatic rings. The lowest BCUT2D eigenvalue weighted by Gasteiger charge is -2.05. The molecule has 144 valence electrons. The first-order chi connectivity index (χ1) is 14.1. The number of nitrogens with two attached hydrogens (primary N) is 1. The normalized spacial score (nSPS) is 10.8. The highest BCUT2D eigenvalue weighted by atomic mass is 32.1. The molecule has 1 amide bonds. The molecule has 1 aromatic heterocycles. The van der Waals surface area contributed by atoms with Crippen LogP contribution in [0.5, 0.6) is 0 Å². The molecule has 5 nitrogen and oxygen atoms in total. The van der Waals surface area contributed by atoms with E-state index in [9.17, 15) is 9.59 Å². The largest absolute Gasteiger partial charge is 0.459 e. The van der Waals surface area contributed by atoms with Crippen molar-refractivity contribution in [3.63, 3.8) is 0 Å². The van der Waals surface area contributed by atoms with Gasteiger partial charge in [-0.05, 0) is 28.5 Å². The fourth-order valence-electron chi connectivity index (χ4n) is 3.00. The molecule has 1 heterocycles. The number of hydrogen-bond acceptors (Lipinski definition) is 5. The number of hydrogen-bond donors (Lipinski definition) is 1. The van der Waals surface area contributed by atoms with Crippen LogP contribution < -0.4 is 5.73 Å². The van der Waals surface area contributed by atoms with Gasteiger partial charge < -0.3 is 10.5 Å². The number of fused-ring (bicyclic) bond motifs is 1. The Morgan fingerprint density at radius 3 is 2.48 bits per heavy atom. The summed E-state index contributed by atoms with van der Waals surface area (Å²) in [6.45, 7) is 0.127. The third kappa shape index (κ3) is 4.50. The summed E-state index contributed by atoms with van der Waals surface area (Å²) in [5.41, 5.74) is 8.20. The molecule has 3 aromatic carbocycles. The molecule has 0 radical (unpaired) electrons. The van der Waals surface area contributed by atoms with Crippen LogP contribution in [0.15, 0.2) is 72.1 Å². The second-order valence-corrected chi connectivity index (χ2v) is 7.46. The molecule has 0 unspecified atom stereocenters. The minimum atomic E-state index is -0.463. The average molecular weight is 402 g/mol. The van der Waals surface area contributed by atoms with Crippen molar-refractivity contribution < 1.29 is 14.3 Å². The molecule has 4 rings (SSSR count). The monoisotopic (exact) mass is 402 g/mol. The van der Waals surface area contributed by atoms with Crippen molar-refractivity contribution in [2.45, 2.75) is 13.0 Å². The van der Waals surface area contributed by atoms with Gasteiger partial charge in [0, 0.05) is 16.5 Å². The molecule has 2 N–H and O–H groups in total. The number of aromatic nitrogens is 1. The van der Waals surface area contributed by atoms with Crippen molar-refractivity contribution in [2.24, 2.45) is 5.73 Å². The predicted octanol–water partition coefficient (Wildman–Crippen LogP) is 4.35. The van der Waals surface area contributed by atoms with Crippen molar-refractivity contribution >= 4 is 34.0 Å². The Bertz CT molecular complexity index is 1180. The number of carbonyl (C=O) groups is 2. The van der Waals surface area contributed by atoms with Crippen molar-refractivity contribution in [1.82, 2.24) is 4.98 Å². The number of amides is 1. The topological polar surface area (TPSA) is 82.3 Å². The number of rotatable bonds is 6. The molecule has 0 fully saturated rings. The molecule has 0 aliphatic heterocycles. The number of primary amides is 1.